The number of aromatic nitrogens is 2. The maximum atomic E-state index is 11.7. The zero-order chi connectivity index (χ0) is 12.7. The van der Waals surface area contributed by atoms with Crippen molar-refractivity contribution in [1.82, 2.24) is 9.38 Å². The third kappa shape index (κ3) is 1.59. The Hall–Kier alpha value is -1.88. The minimum absolute atomic E-state index is 0.257. The Morgan fingerprint density at radius 2 is 2.28 bits per heavy atom. The molecule has 0 atom stereocenters. The van der Waals surface area contributed by atoms with Gasteiger partial charge in [0.05, 0.1) is 12.6 Å². The monoisotopic (exact) mass is 245 g/mol. The Bertz CT molecular complexity index is 599. The Balaban J connectivity index is 2.12. The molecule has 5 nitrogen and oxygen atoms in total. The van der Waals surface area contributed by atoms with Crippen molar-refractivity contribution < 1.29 is 9.53 Å². The fraction of sp³-hybridized carbons (Fsp3) is 0.385. The Morgan fingerprint density at radius 3 is 2.94 bits per heavy atom. The molecule has 1 aliphatic rings. The topological polar surface area (TPSA) is 69.6 Å². The zero-order valence-corrected chi connectivity index (χ0v) is 10.2. The number of pyridine rings is 1. The SMILES string of the molecule is COC(=O)c1nc(C2CC(N)C2)n2ccccc12. The van der Waals surface area contributed by atoms with Crippen LogP contribution in [0.4, 0.5) is 0 Å². The molecule has 1 fully saturated rings. The van der Waals surface area contributed by atoms with Crippen LogP contribution in [0.25, 0.3) is 5.52 Å². The first-order chi connectivity index (χ1) is 8.70. The largest absolute Gasteiger partial charge is 0.464 e. The number of nitrogens with two attached hydrogens (primary N) is 1. The van der Waals surface area contributed by atoms with Gasteiger partial charge >= 0.3 is 5.97 Å². The van der Waals surface area contributed by atoms with Gasteiger partial charge in [0.1, 0.15) is 5.82 Å². The molecule has 5 heteroatoms. The van der Waals surface area contributed by atoms with E-state index in [9.17, 15) is 4.79 Å². The summed E-state index contributed by atoms with van der Waals surface area (Å²) >= 11 is 0. The maximum absolute atomic E-state index is 11.7. The second-order valence-electron chi connectivity index (χ2n) is 4.69. The van der Waals surface area contributed by atoms with Gasteiger partial charge in [0.25, 0.3) is 0 Å². The maximum Gasteiger partial charge on any atom is 0.358 e. The molecule has 0 unspecified atom stereocenters. The molecule has 0 amide bonds. The summed E-state index contributed by atoms with van der Waals surface area (Å²) in [5.41, 5.74) is 6.99. The molecule has 1 saturated carbocycles. The molecule has 3 rings (SSSR count). The summed E-state index contributed by atoms with van der Waals surface area (Å²) < 4.78 is 6.73. The summed E-state index contributed by atoms with van der Waals surface area (Å²) in [6.07, 6.45) is 3.77. The molecular formula is C13H15N3O2. The molecule has 18 heavy (non-hydrogen) atoms. The van der Waals surface area contributed by atoms with Crippen LogP contribution in [-0.4, -0.2) is 28.5 Å². The third-order valence-electron chi connectivity index (χ3n) is 3.49. The van der Waals surface area contributed by atoms with E-state index in [4.69, 9.17) is 10.5 Å². The van der Waals surface area contributed by atoms with Crippen LogP contribution in [-0.2, 0) is 4.74 Å². The summed E-state index contributed by atoms with van der Waals surface area (Å²) in [5, 5.41) is 0. The van der Waals surface area contributed by atoms with E-state index in [0.29, 0.717) is 11.6 Å². The average Bonchev–Trinajstić information content (AvgIpc) is 2.73. The molecule has 94 valence electrons. The number of hydrogen-bond donors (Lipinski definition) is 1. The second-order valence-corrected chi connectivity index (χ2v) is 4.69. The first-order valence-corrected chi connectivity index (χ1v) is 6.01. The number of esters is 1. The number of carbonyl (C=O) groups is 1. The minimum Gasteiger partial charge on any atom is -0.464 e. The quantitative estimate of drug-likeness (QED) is 0.810. The molecule has 2 heterocycles. The van der Waals surface area contributed by atoms with Crippen molar-refractivity contribution in [1.29, 1.82) is 0 Å². The van der Waals surface area contributed by atoms with Crippen LogP contribution in [0.1, 0.15) is 35.1 Å². The van der Waals surface area contributed by atoms with E-state index in [1.165, 1.54) is 7.11 Å². The highest BCUT2D eigenvalue weighted by Crippen LogP contribution is 2.35. The van der Waals surface area contributed by atoms with Crippen molar-refractivity contribution in [2.45, 2.75) is 24.8 Å². The van der Waals surface area contributed by atoms with Crippen molar-refractivity contribution >= 4 is 11.5 Å². The molecule has 0 aliphatic heterocycles. The van der Waals surface area contributed by atoms with Crippen molar-refractivity contribution in [2.75, 3.05) is 7.11 Å². The molecule has 2 aromatic heterocycles. The van der Waals surface area contributed by atoms with Crippen LogP contribution in [0.2, 0.25) is 0 Å². The highest BCUT2D eigenvalue weighted by Gasteiger charge is 2.32. The van der Waals surface area contributed by atoms with Crippen molar-refractivity contribution in [3.05, 3.63) is 35.9 Å². The first-order valence-electron chi connectivity index (χ1n) is 6.01. The standard InChI is InChI=1S/C13H15N3O2/c1-18-13(17)11-10-4-2-3-5-16(10)12(15-11)8-6-9(14)7-8/h2-5,8-9H,6-7,14H2,1H3. The van der Waals surface area contributed by atoms with E-state index in [1.807, 2.05) is 28.8 Å². The van der Waals surface area contributed by atoms with E-state index in [-0.39, 0.29) is 6.04 Å². The number of nitrogens with zero attached hydrogens (tertiary/aromatic N) is 2. The number of imidazole rings is 1. The number of ether oxygens (including phenoxy) is 1. The molecule has 2 N–H and O–H groups in total. The summed E-state index contributed by atoms with van der Waals surface area (Å²) in [4.78, 5) is 16.2. The van der Waals surface area contributed by atoms with Crippen molar-refractivity contribution in [3.63, 3.8) is 0 Å². The lowest BCUT2D eigenvalue weighted by Gasteiger charge is -2.31. The summed E-state index contributed by atoms with van der Waals surface area (Å²) in [7, 11) is 1.37. The fourth-order valence-corrected chi connectivity index (χ4v) is 2.47. The van der Waals surface area contributed by atoms with Crippen LogP contribution in [0.3, 0.4) is 0 Å². The van der Waals surface area contributed by atoms with Crippen LogP contribution >= 0.6 is 0 Å². The van der Waals surface area contributed by atoms with Crippen LogP contribution in [0.15, 0.2) is 24.4 Å². The molecule has 0 radical (unpaired) electrons. The van der Waals surface area contributed by atoms with Gasteiger partial charge in [-0.05, 0) is 25.0 Å². The normalized spacial score (nSPS) is 22.8. The van der Waals surface area contributed by atoms with Crippen LogP contribution < -0.4 is 5.73 Å². The summed E-state index contributed by atoms with van der Waals surface area (Å²) in [5.74, 6) is 0.856. The highest BCUT2D eigenvalue weighted by molar-refractivity contribution is 5.95. The zero-order valence-electron chi connectivity index (χ0n) is 10.2. The highest BCUT2D eigenvalue weighted by atomic mass is 16.5. The third-order valence-corrected chi connectivity index (χ3v) is 3.49. The molecule has 0 aromatic carbocycles. The van der Waals surface area contributed by atoms with Crippen molar-refractivity contribution in [2.24, 2.45) is 5.73 Å². The molecule has 0 bridgehead atoms. The van der Waals surface area contributed by atoms with Gasteiger partial charge in [-0.25, -0.2) is 9.78 Å². The predicted octanol–water partition coefficient (Wildman–Crippen LogP) is 1.33. The van der Waals surface area contributed by atoms with E-state index in [2.05, 4.69) is 4.98 Å². The van der Waals surface area contributed by atoms with Gasteiger partial charge in [0, 0.05) is 18.2 Å². The number of rotatable bonds is 2. The van der Waals surface area contributed by atoms with E-state index in [0.717, 1.165) is 24.2 Å². The lowest BCUT2D eigenvalue weighted by atomic mass is 9.80. The smallest absolute Gasteiger partial charge is 0.358 e. The van der Waals surface area contributed by atoms with Crippen molar-refractivity contribution in [3.8, 4) is 0 Å². The van der Waals surface area contributed by atoms with Crippen LogP contribution in [0, 0.1) is 0 Å². The average molecular weight is 245 g/mol. The minimum atomic E-state index is -0.395. The van der Waals surface area contributed by atoms with Gasteiger partial charge in [-0.1, -0.05) is 6.07 Å². The lowest BCUT2D eigenvalue weighted by molar-refractivity contribution is 0.0596. The van der Waals surface area contributed by atoms with Gasteiger partial charge in [-0.3, -0.25) is 0 Å². The molecule has 1 aliphatic carbocycles. The predicted molar refractivity (Wildman–Crippen MR) is 66.5 cm³/mol. The number of fused-ring (bicyclic) bond motifs is 1. The lowest BCUT2D eigenvalue weighted by Crippen LogP contribution is -2.35. The Morgan fingerprint density at radius 1 is 1.50 bits per heavy atom. The number of carbonyl (C=O) groups excluding carboxylic acids is 1. The van der Waals surface area contributed by atoms with Gasteiger partial charge in [0.15, 0.2) is 5.69 Å². The van der Waals surface area contributed by atoms with E-state index >= 15 is 0 Å². The summed E-state index contributed by atoms with van der Waals surface area (Å²) in [6.45, 7) is 0. The van der Waals surface area contributed by atoms with Gasteiger partial charge < -0.3 is 14.9 Å². The Kier molecular flexibility index (Phi) is 2.56. The fourth-order valence-electron chi connectivity index (χ4n) is 2.47. The molecular weight excluding hydrogens is 230 g/mol. The van der Waals surface area contributed by atoms with Crippen LogP contribution in [0.5, 0.6) is 0 Å². The number of hydrogen-bond acceptors (Lipinski definition) is 4. The van der Waals surface area contributed by atoms with E-state index < -0.39 is 5.97 Å². The second kappa shape index (κ2) is 4.10. The number of methoxy groups -OCH3 is 1. The van der Waals surface area contributed by atoms with Gasteiger partial charge in [0.2, 0.25) is 0 Å². The first kappa shape index (κ1) is 11.2. The Labute approximate surface area is 105 Å². The van der Waals surface area contributed by atoms with Gasteiger partial charge in [-0.2, -0.15) is 0 Å². The summed E-state index contributed by atoms with van der Waals surface area (Å²) in [6, 6.07) is 5.95. The molecule has 0 spiro atoms. The van der Waals surface area contributed by atoms with E-state index in [1.54, 1.807) is 0 Å². The molecule has 2 aromatic rings. The molecule has 0 saturated heterocycles. The van der Waals surface area contributed by atoms with Gasteiger partial charge in [-0.15, -0.1) is 0 Å².